The van der Waals surface area contributed by atoms with Crippen LogP contribution in [-0.2, 0) is 6.42 Å². The highest BCUT2D eigenvalue weighted by atomic mass is 16.2. The van der Waals surface area contributed by atoms with Crippen LogP contribution in [0.4, 0.5) is 0 Å². The maximum Gasteiger partial charge on any atom is 0.140 e. The zero-order valence-electron chi connectivity index (χ0n) is 7.57. The van der Waals surface area contributed by atoms with Crippen molar-refractivity contribution in [3.63, 3.8) is 0 Å². The Morgan fingerprint density at radius 1 is 1.54 bits per heavy atom. The Bertz CT molecular complexity index is 420. The van der Waals surface area contributed by atoms with Crippen molar-refractivity contribution in [1.82, 2.24) is 9.38 Å². The average molecular weight is 176 g/mol. The number of fused-ring (bicyclic) bond motifs is 1. The van der Waals surface area contributed by atoms with Crippen molar-refractivity contribution in [2.75, 3.05) is 6.61 Å². The molecule has 2 aromatic rings. The summed E-state index contributed by atoms with van der Waals surface area (Å²) in [5, 5.41) is 8.85. The van der Waals surface area contributed by atoms with Crippen molar-refractivity contribution >= 4 is 5.65 Å². The average Bonchev–Trinajstić information content (AvgIpc) is 2.47. The molecule has 68 valence electrons. The Morgan fingerprint density at radius 3 is 3.15 bits per heavy atom. The standard InChI is InChI=1S/C10H12N2O/c1-8-7-12-5-2-3-9(4-6-13)10(12)11-8/h2-3,5,7,13H,4,6H2,1H3. The van der Waals surface area contributed by atoms with Crippen LogP contribution < -0.4 is 0 Å². The zero-order valence-corrected chi connectivity index (χ0v) is 7.57. The molecule has 0 saturated carbocycles. The van der Waals surface area contributed by atoms with Gasteiger partial charge in [0.2, 0.25) is 0 Å². The van der Waals surface area contributed by atoms with E-state index in [2.05, 4.69) is 4.98 Å². The van der Waals surface area contributed by atoms with Gasteiger partial charge in [-0.25, -0.2) is 4.98 Å². The van der Waals surface area contributed by atoms with Gasteiger partial charge in [0.25, 0.3) is 0 Å². The molecule has 0 amide bonds. The number of pyridine rings is 1. The monoisotopic (exact) mass is 176 g/mol. The van der Waals surface area contributed by atoms with Crippen molar-refractivity contribution in [1.29, 1.82) is 0 Å². The predicted molar refractivity (Wildman–Crippen MR) is 50.7 cm³/mol. The van der Waals surface area contributed by atoms with Gasteiger partial charge in [-0.15, -0.1) is 0 Å². The topological polar surface area (TPSA) is 37.5 Å². The minimum atomic E-state index is 0.172. The summed E-state index contributed by atoms with van der Waals surface area (Å²) in [5.74, 6) is 0. The highest BCUT2D eigenvalue weighted by Crippen LogP contribution is 2.10. The van der Waals surface area contributed by atoms with E-state index in [1.165, 1.54) is 0 Å². The first kappa shape index (κ1) is 8.26. The molecule has 2 heterocycles. The second kappa shape index (κ2) is 3.18. The molecule has 13 heavy (non-hydrogen) atoms. The molecule has 0 fully saturated rings. The number of aliphatic hydroxyl groups is 1. The fourth-order valence-electron chi connectivity index (χ4n) is 1.51. The van der Waals surface area contributed by atoms with E-state index in [9.17, 15) is 0 Å². The van der Waals surface area contributed by atoms with Crippen LogP contribution in [0.25, 0.3) is 5.65 Å². The van der Waals surface area contributed by atoms with Gasteiger partial charge in [-0.2, -0.15) is 0 Å². The largest absolute Gasteiger partial charge is 0.396 e. The normalized spacial score (nSPS) is 10.9. The molecule has 0 spiro atoms. The van der Waals surface area contributed by atoms with Crippen LogP contribution in [0.2, 0.25) is 0 Å². The van der Waals surface area contributed by atoms with Gasteiger partial charge in [-0.1, -0.05) is 6.07 Å². The number of imidazole rings is 1. The van der Waals surface area contributed by atoms with Gasteiger partial charge in [-0.05, 0) is 25.0 Å². The van der Waals surface area contributed by atoms with E-state index in [0.29, 0.717) is 6.42 Å². The number of aromatic nitrogens is 2. The third-order valence-corrected chi connectivity index (χ3v) is 2.07. The molecule has 0 aliphatic carbocycles. The van der Waals surface area contributed by atoms with Gasteiger partial charge in [0, 0.05) is 19.0 Å². The molecular weight excluding hydrogens is 164 g/mol. The molecule has 0 unspecified atom stereocenters. The van der Waals surface area contributed by atoms with E-state index >= 15 is 0 Å². The predicted octanol–water partition coefficient (Wildman–Crippen LogP) is 1.18. The molecule has 3 heteroatoms. The Labute approximate surface area is 76.7 Å². The molecule has 0 atom stereocenters. The lowest BCUT2D eigenvalue weighted by molar-refractivity contribution is 0.300. The molecule has 0 aliphatic heterocycles. The second-order valence-corrected chi connectivity index (χ2v) is 3.12. The maximum atomic E-state index is 8.85. The lowest BCUT2D eigenvalue weighted by Gasteiger charge is -1.99. The second-order valence-electron chi connectivity index (χ2n) is 3.12. The first-order valence-corrected chi connectivity index (χ1v) is 4.35. The van der Waals surface area contributed by atoms with Gasteiger partial charge in [0.15, 0.2) is 0 Å². The number of aliphatic hydroxyl groups excluding tert-OH is 1. The van der Waals surface area contributed by atoms with Gasteiger partial charge in [0.05, 0.1) is 5.69 Å². The Kier molecular flexibility index (Phi) is 2.02. The van der Waals surface area contributed by atoms with Gasteiger partial charge in [-0.3, -0.25) is 0 Å². The fraction of sp³-hybridized carbons (Fsp3) is 0.300. The highest BCUT2D eigenvalue weighted by molar-refractivity contribution is 5.48. The Balaban J connectivity index is 2.60. The molecule has 1 N–H and O–H groups in total. The summed E-state index contributed by atoms with van der Waals surface area (Å²) in [6.07, 6.45) is 4.62. The summed E-state index contributed by atoms with van der Waals surface area (Å²) in [6, 6.07) is 3.97. The Morgan fingerprint density at radius 2 is 2.38 bits per heavy atom. The number of aryl methyl sites for hydroxylation is 1. The van der Waals surface area contributed by atoms with Crippen LogP contribution >= 0.6 is 0 Å². The number of hydrogen-bond donors (Lipinski definition) is 1. The molecule has 3 nitrogen and oxygen atoms in total. The molecular formula is C10H12N2O. The van der Waals surface area contributed by atoms with Crippen molar-refractivity contribution in [3.05, 3.63) is 35.8 Å². The van der Waals surface area contributed by atoms with Crippen molar-refractivity contribution in [2.24, 2.45) is 0 Å². The Hall–Kier alpha value is -1.35. The number of nitrogens with zero attached hydrogens (tertiary/aromatic N) is 2. The first-order valence-electron chi connectivity index (χ1n) is 4.35. The van der Waals surface area contributed by atoms with Gasteiger partial charge in [0.1, 0.15) is 5.65 Å². The van der Waals surface area contributed by atoms with Crippen molar-refractivity contribution in [2.45, 2.75) is 13.3 Å². The van der Waals surface area contributed by atoms with E-state index in [-0.39, 0.29) is 6.61 Å². The molecule has 0 aromatic carbocycles. The molecule has 0 radical (unpaired) electrons. The molecule has 2 rings (SSSR count). The smallest absolute Gasteiger partial charge is 0.140 e. The van der Waals surface area contributed by atoms with Crippen LogP contribution in [-0.4, -0.2) is 21.1 Å². The van der Waals surface area contributed by atoms with Gasteiger partial charge >= 0.3 is 0 Å². The quantitative estimate of drug-likeness (QED) is 0.746. The maximum absolute atomic E-state index is 8.85. The third-order valence-electron chi connectivity index (χ3n) is 2.07. The van der Waals surface area contributed by atoms with E-state index in [0.717, 1.165) is 16.9 Å². The first-order chi connectivity index (χ1) is 6.31. The zero-order chi connectivity index (χ0) is 9.26. The summed E-state index contributed by atoms with van der Waals surface area (Å²) in [6.45, 7) is 2.14. The van der Waals surface area contributed by atoms with Crippen molar-refractivity contribution < 1.29 is 5.11 Å². The van der Waals surface area contributed by atoms with Crippen LogP contribution in [0.1, 0.15) is 11.3 Å². The summed E-state index contributed by atoms with van der Waals surface area (Å²) in [7, 11) is 0. The van der Waals surface area contributed by atoms with Crippen LogP contribution in [0, 0.1) is 6.92 Å². The van der Waals surface area contributed by atoms with Crippen LogP contribution in [0.15, 0.2) is 24.5 Å². The molecule has 2 aromatic heterocycles. The van der Waals surface area contributed by atoms with E-state index in [1.54, 1.807) is 0 Å². The fourth-order valence-corrected chi connectivity index (χ4v) is 1.51. The van der Waals surface area contributed by atoms with E-state index < -0.39 is 0 Å². The van der Waals surface area contributed by atoms with Gasteiger partial charge < -0.3 is 9.51 Å². The summed E-state index contributed by atoms with van der Waals surface area (Å²) < 4.78 is 1.99. The van der Waals surface area contributed by atoms with Crippen LogP contribution in [0.5, 0.6) is 0 Å². The van der Waals surface area contributed by atoms with E-state index in [1.807, 2.05) is 35.9 Å². The lowest BCUT2D eigenvalue weighted by Crippen LogP contribution is -1.94. The number of hydrogen-bond acceptors (Lipinski definition) is 2. The minimum Gasteiger partial charge on any atom is -0.396 e. The third kappa shape index (κ3) is 1.42. The summed E-state index contributed by atoms with van der Waals surface area (Å²) in [4.78, 5) is 4.38. The summed E-state index contributed by atoms with van der Waals surface area (Å²) >= 11 is 0. The molecule has 0 bridgehead atoms. The number of rotatable bonds is 2. The molecule has 0 saturated heterocycles. The molecule has 0 aliphatic rings. The van der Waals surface area contributed by atoms with Crippen molar-refractivity contribution in [3.8, 4) is 0 Å². The van der Waals surface area contributed by atoms with E-state index in [4.69, 9.17) is 5.11 Å². The SMILES string of the molecule is Cc1cn2cccc(CCO)c2n1. The minimum absolute atomic E-state index is 0.172. The van der Waals surface area contributed by atoms with Crippen LogP contribution in [0.3, 0.4) is 0 Å². The lowest BCUT2D eigenvalue weighted by atomic mass is 10.2. The highest BCUT2D eigenvalue weighted by Gasteiger charge is 2.02. The summed E-state index contributed by atoms with van der Waals surface area (Å²) in [5.41, 5.74) is 3.05.